The van der Waals surface area contributed by atoms with Crippen molar-refractivity contribution in [3.05, 3.63) is 68.9 Å². The second-order valence-corrected chi connectivity index (χ2v) is 5.64. The summed E-state index contributed by atoms with van der Waals surface area (Å²) in [5, 5.41) is 0.990. The van der Waals surface area contributed by atoms with Crippen LogP contribution in [-0.2, 0) is 0 Å². The van der Waals surface area contributed by atoms with E-state index in [0.717, 1.165) is 31.3 Å². The summed E-state index contributed by atoms with van der Waals surface area (Å²) in [4.78, 5) is 16.0. The van der Waals surface area contributed by atoms with Gasteiger partial charge in [-0.1, -0.05) is 30.3 Å². The summed E-state index contributed by atoms with van der Waals surface area (Å²) in [6, 6.07) is 15.6. The van der Waals surface area contributed by atoms with Crippen molar-refractivity contribution in [1.82, 2.24) is 4.98 Å². The van der Waals surface area contributed by atoms with E-state index in [1.165, 1.54) is 0 Å². The van der Waals surface area contributed by atoms with E-state index < -0.39 is 0 Å². The van der Waals surface area contributed by atoms with Crippen molar-refractivity contribution < 1.29 is 4.79 Å². The number of nitrogens with one attached hydrogen (secondary N) is 1. The Morgan fingerprint density at radius 1 is 1.05 bits per heavy atom. The zero-order valence-electron chi connectivity index (χ0n) is 10.4. The molecule has 0 amide bonds. The Balaban J connectivity index is 2.23. The summed E-state index contributed by atoms with van der Waals surface area (Å²) in [7, 11) is 0. The van der Waals surface area contributed by atoms with Crippen molar-refractivity contribution >= 4 is 39.3 Å². The lowest BCUT2D eigenvalue weighted by Crippen LogP contribution is -2.04. The van der Waals surface area contributed by atoms with E-state index in [9.17, 15) is 4.79 Å². The predicted molar refractivity (Wildman–Crippen MR) is 85.6 cm³/mol. The molecule has 0 bridgehead atoms. The number of benzene rings is 2. The average molecular weight is 361 g/mol. The van der Waals surface area contributed by atoms with Crippen molar-refractivity contribution in [2.24, 2.45) is 0 Å². The number of hydrogen-bond acceptors (Lipinski definition) is 1. The van der Waals surface area contributed by atoms with Crippen LogP contribution in [-0.4, -0.2) is 10.8 Å². The second-order valence-electron chi connectivity index (χ2n) is 4.48. The number of carbonyl (C=O) groups is 1. The molecule has 94 valence electrons. The van der Waals surface area contributed by atoms with Crippen LogP contribution in [0.25, 0.3) is 10.9 Å². The molecule has 1 aromatic heterocycles. The second kappa shape index (κ2) is 4.81. The van der Waals surface area contributed by atoms with Gasteiger partial charge in [-0.15, -0.1) is 0 Å². The van der Waals surface area contributed by atoms with Gasteiger partial charge < -0.3 is 4.98 Å². The van der Waals surface area contributed by atoms with Crippen molar-refractivity contribution in [1.29, 1.82) is 0 Å². The van der Waals surface area contributed by atoms with Crippen LogP contribution in [0.2, 0.25) is 0 Å². The predicted octanol–water partition coefficient (Wildman–Crippen LogP) is 4.31. The van der Waals surface area contributed by atoms with Gasteiger partial charge in [-0.2, -0.15) is 0 Å². The molecule has 1 heterocycles. The van der Waals surface area contributed by atoms with Gasteiger partial charge in [0.15, 0.2) is 5.78 Å². The number of para-hydroxylation sites is 1. The van der Waals surface area contributed by atoms with Crippen LogP contribution in [0, 0.1) is 10.5 Å². The van der Waals surface area contributed by atoms with Crippen LogP contribution in [0.15, 0.2) is 48.5 Å². The Hall–Kier alpha value is -1.62. The maximum atomic E-state index is 12.7. The van der Waals surface area contributed by atoms with Gasteiger partial charge >= 0.3 is 0 Å². The highest BCUT2D eigenvalue weighted by atomic mass is 127. The molecule has 1 N–H and O–H groups in total. The van der Waals surface area contributed by atoms with Crippen molar-refractivity contribution in [3.8, 4) is 0 Å². The number of halogens is 1. The number of aryl methyl sites for hydroxylation is 1. The Labute approximate surface area is 125 Å². The number of carbonyl (C=O) groups excluding carboxylic acids is 1. The molecule has 0 saturated heterocycles. The third-order valence-electron chi connectivity index (χ3n) is 3.24. The number of ketones is 1. The minimum Gasteiger partial charge on any atom is -0.358 e. The number of fused-ring (bicyclic) bond motifs is 1. The first-order valence-corrected chi connectivity index (χ1v) is 7.13. The summed E-state index contributed by atoms with van der Waals surface area (Å²) in [6.07, 6.45) is 0. The van der Waals surface area contributed by atoms with E-state index in [-0.39, 0.29) is 5.78 Å². The molecule has 0 aliphatic rings. The molecule has 0 spiro atoms. The molecule has 0 atom stereocenters. The molecule has 2 nitrogen and oxygen atoms in total. The van der Waals surface area contributed by atoms with Crippen LogP contribution in [0.1, 0.15) is 21.6 Å². The van der Waals surface area contributed by atoms with Crippen LogP contribution in [0.3, 0.4) is 0 Å². The molecular weight excluding hydrogens is 349 g/mol. The van der Waals surface area contributed by atoms with Gasteiger partial charge in [-0.05, 0) is 47.7 Å². The van der Waals surface area contributed by atoms with Gasteiger partial charge in [0.25, 0.3) is 0 Å². The topological polar surface area (TPSA) is 32.9 Å². The maximum absolute atomic E-state index is 12.7. The summed E-state index contributed by atoms with van der Waals surface area (Å²) in [5.41, 5.74) is 3.47. The summed E-state index contributed by atoms with van der Waals surface area (Å²) >= 11 is 2.20. The quantitative estimate of drug-likeness (QED) is 0.536. The van der Waals surface area contributed by atoms with E-state index in [4.69, 9.17) is 0 Å². The first-order chi connectivity index (χ1) is 9.18. The number of hydrogen-bond donors (Lipinski definition) is 1. The number of aromatic amines is 1. The summed E-state index contributed by atoms with van der Waals surface area (Å²) < 4.78 is 0.981. The molecule has 0 saturated carbocycles. The van der Waals surface area contributed by atoms with Gasteiger partial charge in [-0.3, -0.25) is 4.79 Å². The molecule has 2 aromatic carbocycles. The standard InChI is InChI=1S/C16H12INO/c1-10-15(12-7-3-5-9-14(12)18-10)16(19)11-6-2-4-8-13(11)17/h2-9,18H,1H3. The Bertz CT molecular complexity index is 773. The number of aromatic nitrogens is 1. The van der Waals surface area contributed by atoms with Crippen molar-refractivity contribution in [3.63, 3.8) is 0 Å². The molecule has 19 heavy (non-hydrogen) atoms. The van der Waals surface area contributed by atoms with Gasteiger partial charge in [-0.25, -0.2) is 0 Å². The fraction of sp³-hybridized carbons (Fsp3) is 0.0625. The molecule has 0 fully saturated rings. The smallest absolute Gasteiger partial charge is 0.196 e. The van der Waals surface area contributed by atoms with E-state index in [2.05, 4.69) is 27.6 Å². The first-order valence-electron chi connectivity index (χ1n) is 6.05. The van der Waals surface area contributed by atoms with Crippen molar-refractivity contribution in [2.45, 2.75) is 6.92 Å². The highest BCUT2D eigenvalue weighted by Crippen LogP contribution is 2.26. The van der Waals surface area contributed by atoms with Gasteiger partial charge in [0, 0.05) is 25.7 Å². The highest BCUT2D eigenvalue weighted by molar-refractivity contribution is 14.1. The molecule has 0 aliphatic carbocycles. The average Bonchev–Trinajstić information content (AvgIpc) is 2.74. The molecular formula is C16H12INO. The largest absolute Gasteiger partial charge is 0.358 e. The van der Waals surface area contributed by atoms with Crippen LogP contribution < -0.4 is 0 Å². The third-order valence-corrected chi connectivity index (χ3v) is 4.18. The lowest BCUT2D eigenvalue weighted by molar-refractivity contribution is 0.103. The highest BCUT2D eigenvalue weighted by Gasteiger charge is 2.18. The number of H-pyrrole nitrogens is 1. The summed E-state index contributed by atoms with van der Waals surface area (Å²) in [5.74, 6) is 0.0833. The van der Waals surface area contributed by atoms with Crippen LogP contribution in [0.4, 0.5) is 0 Å². The molecule has 0 aliphatic heterocycles. The third kappa shape index (κ3) is 2.08. The van der Waals surface area contributed by atoms with Gasteiger partial charge in [0.05, 0.1) is 5.56 Å². The molecule has 3 aromatic rings. The zero-order chi connectivity index (χ0) is 13.4. The van der Waals surface area contributed by atoms with Crippen molar-refractivity contribution in [2.75, 3.05) is 0 Å². The molecule has 3 rings (SSSR count). The van der Waals surface area contributed by atoms with E-state index in [1.54, 1.807) is 0 Å². The first kappa shape index (κ1) is 12.4. The Morgan fingerprint density at radius 2 is 1.74 bits per heavy atom. The molecule has 0 radical (unpaired) electrons. The van der Waals surface area contributed by atoms with Gasteiger partial charge in [0.2, 0.25) is 0 Å². The normalized spacial score (nSPS) is 10.8. The number of rotatable bonds is 2. The lowest BCUT2D eigenvalue weighted by Gasteiger charge is -2.04. The Morgan fingerprint density at radius 3 is 2.53 bits per heavy atom. The van der Waals surface area contributed by atoms with E-state index in [1.807, 2.05) is 55.5 Å². The monoisotopic (exact) mass is 361 g/mol. The fourth-order valence-electron chi connectivity index (χ4n) is 2.35. The summed E-state index contributed by atoms with van der Waals surface area (Å²) in [6.45, 7) is 1.95. The van der Waals surface area contributed by atoms with E-state index >= 15 is 0 Å². The van der Waals surface area contributed by atoms with Gasteiger partial charge in [0.1, 0.15) is 0 Å². The maximum Gasteiger partial charge on any atom is 0.196 e. The minimum absolute atomic E-state index is 0.0833. The Kier molecular flexibility index (Phi) is 3.14. The zero-order valence-corrected chi connectivity index (χ0v) is 12.6. The molecule has 0 unspecified atom stereocenters. The molecule has 3 heteroatoms. The van der Waals surface area contributed by atoms with E-state index in [0.29, 0.717) is 0 Å². The lowest BCUT2D eigenvalue weighted by atomic mass is 10.0. The van der Waals surface area contributed by atoms with Crippen LogP contribution >= 0.6 is 22.6 Å². The van der Waals surface area contributed by atoms with Crippen LogP contribution in [0.5, 0.6) is 0 Å². The minimum atomic E-state index is 0.0833. The fourth-order valence-corrected chi connectivity index (χ4v) is 2.98. The SMILES string of the molecule is Cc1[nH]c2ccccc2c1C(=O)c1ccccc1I.